The highest BCUT2D eigenvalue weighted by molar-refractivity contribution is 7.92. The Balaban J connectivity index is 2.09. The molecule has 2 N–H and O–H groups in total. The highest BCUT2D eigenvalue weighted by Crippen LogP contribution is 2.36. The lowest BCUT2D eigenvalue weighted by atomic mass is 10.3. The summed E-state index contributed by atoms with van der Waals surface area (Å²) in [4.78, 5) is 0.234. The zero-order valence-electron chi connectivity index (χ0n) is 13.1. The number of anilines is 1. The molecular formula is C18H14N4O2S. The Hall–Kier alpha value is -3.19. The van der Waals surface area contributed by atoms with E-state index in [0.29, 0.717) is 11.0 Å². The Kier molecular flexibility index (Phi) is 3.51. The van der Waals surface area contributed by atoms with Crippen molar-refractivity contribution in [1.29, 1.82) is 0 Å². The van der Waals surface area contributed by atoms with Crippen molar-refractivity contribution in [3.63, 3.8) is 0 Å². The molecule has 7 heteroatoms. The third-order valence-electron chi connectivity index (χ3n) is 3.97. The van der Waals surface area contributed by atoms with Gasteiger partial charge >= 0.3 is 0 Å². The van der Waals surface area contributed by atoms with Crippen LogP contribution in [0.2, 0.25) is 0 Å². The first-order chi connectivity index (χ1) is 12.1. The highest BCUT2D eigenvalue weighted by atomic mass is 32.2. The number of aromatic nitrogens is 3. The van der Waals surface area contributed by atoms with E-state index in [9.17, 15) is 8.42 Å². The van der Waals surface area contributed by atoms with Crippen molar-refractivity contribution in [2.75, 3.05) is 5.73 Å². The number of nitrogens with two attached hydrogens (primary N) is 1. The molecule has 0 atom stereocenters. The number of sulfone groups is 1. The van der Waals surface area contributed by atoms with Crippen LogP contribution in [-0.4, -0.2) is 23.2 Å². The van der Waals surface area contributed by atoms with Gasteiger partial charge in [0.2, 0.25) is 9.84 Å². The second-order valence-corrected chi connectivity index (χ2v) is 7.36. The van der Waals surface area contributed by atoms with Crippen LogP contribution in [0, 0.1) is 0 Å². The van der Waals surface area contributed by atoms with E-state index < -0.39 is 9.84 Å². The van der Waals surface area contributed by atoms with Gasteiger partial charge in [-0.25, -0.2) is 8.42 Å². The lowest BCUT2D eigenvalue weighted by Crippen LogP contribution is -2.07. The summed E-state index contributed by atoms with van der Waals surface area (Å²) in [6.07, 6.45) is 1.46. The average Bonchev–Trinajstić information content (AvgIpc) is 2.95. The van der Waals surface area contributed by atoms with Gasteiger partial charge in [-0.1, -0.05) is 36.4 Å². The molecule has 0 unspecified atom stereocenters. The van der Waals surface area contributed by atoms with E-state index in [0.717, 1.165) is 5.69 Å². The average molecular weight is 350 g/mol. The smallest absolute Gasteiger partial charge is 0.210 e. The maximum atomic E-state index is 13.2. The monoisotopic (exact) mass is 350 g/mol. The first-order valence-corrected chi connectivity index (χ1v) is 9.06. The number of nitrogen functional groups attached to an aromatic ring is 1. The number of para-hydroxylation sites is 1. The lowest BCUT2D eigenvalue weighted by molar-refractivity contribution is 0.597. The lowest BCUT2D eigenvalue weighted by Gasteiger charge is -2.08. The number of benzene rings is 2. The molecule has 0 radical (unpaired) electrons. The van der Waals surface area contributed by atoms with Crippen molar-refractivity contribution in [2.24, 2.45) is 0 Å². The molecule has 0 aliphatic carbocycles. The van der Waals surface area contributed by atoms with Crippen LogP contribution < -0.4 is 5.73 Å². The zero-order chi connectivity index (χ0) is 17.4. The van der Waals surface area contributed by atoms with Gasteiger partial charge in [0.05, 0.1) is 11.1 Å². The summed E-state index contributed by atoms with van der Waals surface area (Å²) in [5.74, 6) is 0.116. The summed E-state index contributed by atoms with van der Waals surface area (Å²) in [5, 5.41) is 8.45. The van der Waals surface area contributed by atoms with Crippen molar-refractivity contribution in [3.05, 3.63) is 72.9 Å². The topological polar surface area (TPSA) is 90.9 Å². The quantitative estimate of drug-likeness (QED) is 0.613. The SMILES string of the molecule is Nc1c(S(=O)(=O)c2ccccc2)c2ccnnc2n1-c1ccccc1. The van der Waals surface area contributed by atoms with Gasteiger partial charge in [0.1, 0.15) is 10.7 Å². The number of rotatable bonds is 3. The molecule has 0 saturated carbocycles. The largest absolute Gasteiger partial charge is 0.384 e. The van der Waals surface area contributed by atoms with E-state index >= 15 is 0 Å². The highest BCUT2D eigenvalue weighted by Gasteiger charge is 2.28. The summed E-state index contributed by atoms with van der Waals surface area (Å²) >= 11 is 0. The molecule has 2 heterocycles. The maximum Gasteiger partial charge on any atom is 0.210 e. The fourth-order valence-corrected chi connectivity index (χ4v) is 4.43. The molecule has 0 amide bonds. The second-order valence-electron chi connectivity index (χ2n) is 5.47. The molecule has 124 valence electrons. The van der Waals surface area contributed by atoms with Crippen molar-refractivity contribution in [2.45, 2.75) is 9.79 Å². The minimum absolute atomic E-state index is 0.0486. The van der Waals surface area contributed by atoms with Gasteiger partial charge in [0.25, 0.3) is 0 Å². The first kappa shape index (κ1) is 15.3. The molecule has 2 aromatic carbocycles. The zero-order valence-corrected chi connectivity index (χ0v) is 13.9. The summed E-state index contributed by atoms with van der Waals surface area (Å²) in [6, 6.07) is 19.1. The predicted octanol–water partition coefficient (Wildman–Crippen LogP) is 2.84. The Morgan fingerprint density at radius 3 is 2.20 bits per heavy atom. The van der Waals surface area contributed by atoms with E-state index in [1.165, 1.54) is 6.20 Å². The minimum atomic E-state index is -3.80. The van der Waals surface area contributed by atoms with Gasteiger partial charge in [-0.2, -0.15) is 5.10 Å². The van der Waals surface area contributed by atoms with Crippen LogP contribution in [0.3, 0.4) is 0 Å². The maximum absolute atomic E-state index is 13.2. The van der Waals surface area contributed by atoms with E-state index in [-0.39, 0.29) is 15.6 Å². The Morgan fingerprint density at radius 1 is 0.880 bits per heavy atom. The molecule has 2 aromatic heterocycles. The fraction of sp³-hybridized carbons (Fsp3) is 0. The number of nitrogens with zero attached hydrogens (tertiary/aromatic N) is 3. The van der Waals surface area contributed by atoms with E-state index in [1.54, 1.807) is 41.0 Å². The normalized spacial score (nSPS) is 11.7. The fourth-order valence-electron chi connectivity index (χ4n) is 2.86. The molecule has 4 rings (SSSR count). The molecule has 0 aliphatic heterocycles. The van der Waals surface area contributed by atoms with Crippen LogP contribution in [0.5, 0.6) is 0 Å². The number of hydrogen-bond acceptors (Lipinski definition) is 5. The summed E-state index contributed by atoms with van der Waals surface area (Å²) in [6.45, 7) is 0. The van der Waals surface area contributed by atoms with Gasteiger partial charge in [0.15, 0.2) is 5.65 Å². The minimum Gasteiger partial charge on any atom is -0.384 e. The molecule has 6 nitrogen and oxygen atoms in total. The number of hydrogen-bond donors (Lipinski definition) is 1. The van der Waals surface area contributed by atoms with Gasteiger partial charge < -0.3 is 5.73 Å². The molecule has 0 bridgehead atoms. The molecule has 0 fully saturated rings. The summed E-state index contributed by atoms with van der Waals surface area (Å²) in [7, 11) is -3.80. The molecule has 0 spiro atoms. The van der Waals surface area contributed by atoms with Crippen molar-refractivity contribution in [3.8, 4) is 5.69 Å². The van der Waals surface area contributed by atoms with Gasteiger partial charge in [-0.3, -0.25) is 4.57 Å². The molecule has 25 heavy (non-hydrogen) atoms. The predicted molar refractivity (Wildman–Crippen MR) is 95.2 cm³/mol. The molecule has 4 aromatic rings. The van der Waals surface area contributed by atoms with Crippen molar-refractivity contribution in [1.82, 2.24) is 14.8 Å². The summed E-state index contributed by atoms with van der Waals surface area (Å²) in [5.41, 5.74) is 7.41. The van der Waals surface area contributed by atoms with E-state index in [1.807, 2.05) is 30.3 Å². The van der Waals surface area contributed by atoms with Crippen LogP contribution in [0.25, 0.3) is 16.7 Å². The summed E-state index contributed by atoms with van der Waals surface area (Å²) < 4.78 is 28.0. The van der Waals surface area contributed by atoms with Crippen molar-refractivity contribution >= 4 is 26.7 Å². The molecular weight excluding hydrogens is 336 g/mol. The Morgan fingerprint density at radius 2 is 1.52 bits per heavy atom. The first-order valence-electron chi connectivity index (χ1n) is 7.58. The standard InChI is InChI=1S/C18H14N4O2S/c19-17-16(25(23,24)14-9-5-2-6-10-14)15-11-12-20-21-18(15)22(17)13-7-3-1-4-8-13/h1-12H,19H2. The third-order valence-corrected chi connectivity index (χ3v) is 5.83. The Labute approximate surface area is 144 Å². The van der Waals surface area contributed by atoms with E-state index in [2.05, 4.69) is 10.2 Å². The molecule has 0 aliphatic rings. The second kappa shape index (κ2) is 5.71. The van der Waals surface area contributed by atoms with Gasteiger partial charge in [0, 0.05) is 11.1 Å². The van der Waals surface area contributed by atoms with Crippen LogP contribution in [0.4, 0.5) is 5.82 Å². The van der Waals surface area contributed by atoms with Crippen molar-refractivity contribution < 1.29 is 8.42 Å². The van der Waals surface area contributed by atoms with Gasteiger partial charge in [-0.15, -0.1) is 5.10 Å². The third kappa shape index (κ3) is 2.36. The number of fused-ring (bicyclic) bond motifs is 1. The van der Waals surface area contributed by atoms with Crippen LogP contribution >= 0.6 is 0 Å². The Bertz CT molecular complexity index is 1150. The van der Waals surface area contributed by atoms with Crippen LogP contribution in [0.15, 0.2) is 82.7 Å². The van der Waals surface area contributed by atoms with Crippen LogP contribution in [-0.2, 0) is 9.84 Å². The van der Waals surface area contributed by atoms with Gasteiger partial charge in [-0.05, 0) is 30.3 Å². The van der Waals surface area contributed by atoms with E-state index in [4.69, 9.17) is 5.73 Å². The molecule has 0 saturated heterocycles. The van der Waals surface area contributed by atoms with Crippen LogP contribution in [0.1, 0.15) is 0 Å².